The second-order valence-corrected chi connectivity index (χ2v) is 9.48. The molecule has 0 saturated carbocycles. The lowest BCUT2D eigenvalue weighted by atomic mass is 9.94. The Hall–Kier alpha value is -4.04. The average Bonchev–Trinajstić information content (AvgIpc) is 2.95. The number of anilines is 2. The minimum Gasteiger partial charge on any atom is -0.496 e. The fraction of sp³-hybridized carbons (Fsp3) is 0.355. The summed E-state index contributed by atoms with van der Waals surface area (Å²) >= 11 is 0. The van der Waals surface area contributed by atoms with Crippen molar-refractivity contribution in [2.24, 2.45) is 7.05 Å². The third-order valence-corrected chi connectivity index (χ3v) is 7.27. The van der Waals surface area contributed by atoms with Gasteiger partial charge in [0.05, 0.1) is 19.7 Å². The zero-order valence-electron chi connectivity index (χ0n) is 23.9. The maximum absolute atomic E-state index is 13.6. The first-order valence-corrected chi connectivity index (χ1v) is 13.3. The van der Waals surface area contributed by atoms with E-state index >= 15 is 0 Å². The van der Waals surface area contributed by atoms with Gasteiger partial charge in [0.25, 0.3) is 5.56 Å². The number of fused-ring (bicyclic) bond motifs is 1. The lowest BCUT2D eigenvalue weighted by molar-refractivity contribution is 0.223. The van der Waals surface area contributed by atoms with Crippen LogP contribution >= 0.6 is 0 Å². The quantitative estimate of drug-likeness (QED) is 0.267. The van der Waals surface area contributed by atoms with Crippen molar-refractivity contribution in [2.75, 3.05) is 45.8 Å². The number of benzene rings is 2. The molecule has 0 bridgehead atoms. The summed E-state index contributed by atoms with van der Waals surface area (Å²) in [7, 11) is 5.02. The van der Waals surface area contributed by atoms with Crippen molar-refractivity contribution in [3.63, 3.8) is 0 Å². The van der Waals surface area contributed by atoms with E-state index in [0.29, 0.717) is 29.5 Å². The second kappa shape index (κ2) is 12.2. The van der Waals surface area contributed by atoms with Crippen molar-refractivity contribution in [3.8, 4) is 28.4 Å². The molecule has 2 aromatic heterocycles. The van der Waals surface area contributed by atoms with E-state index < -0.39 is 0 Å². The minimum atomic E-state index is -0.104. The maximum Gasteiger partial charge on any atom is 0.258 e. The van der Waals surface area contributed by atoms with Gasteiger partial charge >= 0.3 is 0 Å². The number of methoxy groups -OCH3 is 2. The fourth-order valence-corrected chi connectivity index (χ4v) is 4.92. The molecule has 0 fully saturated rings. The van der Waals surface area contributed by atoms with Gasteiger partial charge in [-0.25, -0.2) is 4.98 Å². The normalized spacial score (nSPS) is 11.2. The predicted molar refractivity (Wildman–Crippen MR) is 158 cm³/mol. The van der Waals surface area contributed by atoms with Crippen LogP contribution in [0.4, 0.5) is 11.5 Å². The van der Waals surface area contributed by atoms with Crippen LogP contribution in [0.2, 0.25) is 0 Å². The predicted octanol–water partition coefficient (Wildman–Crippen LogP) is 5.70. The molecule has 4 rings (SSSR count). The Morgan fingerprint density at radius 3 is 2.18 bits per heavy atom. The minimum absolute atomic E-state index is 0.104. The van der Waals surface area contributed by atoms with Gasteiger partial charge in [0.2, 0.25) is 0 Å². The van der Waals surface area contributed by atoms with Crippen LogP contribution in [0.3, 0.4) is 0 Å². The van der Waals surface area contributed by atoms with Gasteiger partial charge in [0.15, 0.2) is 0 Å². The van der Waals surface area contributed by atoms with Gasteiger partial charge in [-0.15, -0.1) is 0 Å². The molecule has 0 radical (unpaired) electrons. The highest BCUT2D eigenvalue weighted by molar-refractivity contribution is 5.87. The molecule has 0 atom stereocenters. The van der Waals surface area contributed by atoms with Crippen molar-refractivity contribution in [1.29, 1.82) is 0 Å². The summed E-state index contributed by atoms with van der Waals surface area (Å²) in [6.07, 6.45) is 1.79. The fourth-order valence-electron chi connectivity index (χ4n) is 4.92. The molecule has 0 saturated heterocycles. The summed E-state index contributed by atoms with van der Waals surface area (Å²) in [4.78, 5) is 20.5. The smallest absolute Gasteiger partial charge is 0.258 e. The van der Waals surface area contributed by atoms with Crippen LogP contribution in [-0.2, 0) is 7.05 Å². The standard InChI is InChI=1S/C31H38N4O4/c1-8-35(9-2)14-15-39-24-12-10-23(11-13-24)33-29-17-26-22(19-32-29)16-25(31(36)34(26)5)30-20(3)27(37-6)18-28(38-7)21(30)4/h10-13,16-19H,8-9,14-15H2,1-7H3,(H,32,33). The Balaban J connectivity index is 1.60. The molecule has 0 spiro atoms. The molecule has 2 heterocycles. The Bertz CT molecular complexity index is 1480. The number of hydrogen-bond donors (Lipinski definition) is 1. The number of aryl methyl sites for hydroxylation is 1. The molecule has 0 aliphatic rings. The van der Waals surface area contributed by atoms with E-state index in [4.69, 9.17) is 14.2 Å². The van der Waals surface area contributed by atoms with Crippen LogP contribution in [0.5, 0.6) is 17.2 Å². The molecule has 0 amide bonds. The number of nitrogens with zero attached hydrogens (tertiary/aromatic N) is 3. The Labute approximate surface area is 230 Å². The average molecular weight is 531 g/mol. The van der Waals surface area contributed by atoms with Gasteiger partial charge in [0.1, 0.15) is 29.7 Å². The van der Waals surface area contributed by atoms with E-state index in [1.807, 2.05) is 56.3 Å². The van der Waals surface area contributed by atoms with Gasteiger partial charge in [-0.05, 0) is 68.4 Å². The van der Waals surface area contributed by atoms with Crippen LogP contribution in [0.15, 0.2) is 53.5 Å². The SMILES string of the molecule is CCN(CC)CCOc1ccc(Nc2cc3c(cn2)cc(-c2c(C)c(OC)cc(OC)c2C)c(=O)n3C)cc1. The number of ether oxygens (including phenoxy) is 3. The topological polar surface area (TPSA) is 77.9 Å². The van der Waals surface area contributed by atoms with Crippen LogP contribution in [0.1, 0.15) is 25.0 Å². The largest absolute Gasteiger partial charge is 0.496 e. The lowest BCUT2D eigenvalue weighted by Gasteiger charge is -2.18. The third kappa shape index (κ3) is 5.86. The van der Waals surface area contributed by atoms with Gasteiger partial charge in [-0.2, -0.15) is 0 Å². The number of nitrogens with one attached hydrogen (secondary N) is 1. The molecule has 1 N–H and O–H groups in total. The summed E-state index contributed by atoms with van der Waals surface area (Å²) in [5.41, 5.74) is 4.73. The first kappa shape index (κ1) is 28.0. The van der Waals surface area contributed by atoms with Crippen molar-refractivity contribution in [3.05, 3.63) is 70.1 Å². The Morgan fingerprint density at radius 1 is 0.949 bits per heavy atom. The Kier molecular flexibility index (Phi) is 8.76. The summed E-state index contributed by atoms with van der Waals surface area (Å²) < 4.78 is 18.7. The second-order valence-electron chi connectivity index (χ2n) is 9.48. The van der Waals surface area contributed by atoms with Crippen molar-refractivity contribution in [1.82, 2.24) is 14.5 Å². The molecular formula is C31H38N4O4. The van der Waals surface area contributed by atoms with Gasteiger partial charge in [-0.3, -0.25) is 4.79 Å². The van der Waals surface area contributed by atoms with E-state index in [0.717, 1.165) is 58.7 Å². The van der Waals surface area contributed by atoms with Gasteiger partial charge < -0.3 is 29.0 Å². The van der Waals surface area contributed by atoms with Gasteiger partial charge in [0, 0.05) is 54.1 Å². The zero-order valence-corrected chi connectivity index (χ0v) is 23.9. The highest BCUT2D eigenvalue weighted by atomic mass is 16.5. The third-order valence-electron chi connectivity index (χ3n) is 7.27. The molecule has 0 aliphatic carbocycles. The maximum atomic E-state index is 13.6. The Morgan fingerprint density at radius 2 is 1.59 bits per heavy atom. The van der Waals surface area contributed by atoms with Crippen LogP contribution < -0.4 is 25.1 Å². The molecule has 4 aromatic rings. The molecular weight excluding hydrogens is 492 g/mol. The summed E-state index contributed by atoms with van der Waals surface area (Å²) in [6, 6.07) is 13.4. The van der Waals surface area contributed by atoms with Crippen LogP contribution in [0, 0.1) is 13.8 Å². The molecule has 0 aliphatic heterocycles. The number of pyridine rings is 2. The van der Waals surface area contributed by atoms with Crippen LogP contribution in [-0.4, -0.2) is 54.9 Å². The zero-order chi connectivity index (χ0) is 28.1. The van der Waals surface area contributed by atoms with Crippen LogP contribution in [0.25, 0.3) is 22.0 Å². The van der Waals surface area contributed by atoms with Crippen molar-refractivity contribution in [2.45, 2.75) is 27.7 Å². The first-order chi connectivity index (χ1) is 18.8. The first-order valence-electron chi connectivity index (χ1n) is 13.3. The molecule has 8 nitrogen and oxygen atoms in total. The molecule has 0 unspecified atom stereocenters. The molecule has 39 heavy (non-hydrogen) atoms. The summed E-state index contributed by atoms with van der Waals surface area (Å²) in [5, 5.41) is 4.19. The van der Waals surface area contributed by atoms with Crippen molar-refractivity contribution >= 4 is 22.4 Å². The van der Waals surface area contributed by atoms with E-state index in [1.165, 1.54) is 0 Å². The number of hydrogen-bond acceptors (Lipinski definition) is 7. The van der Waals surface area contributed by atoms with E-state index in [1.54, 1.807) is 32.0 Å². The van der Waals surface area contributed by atoms with Crippen molar-refractivity contribution < 1.29 is 14.2 Å². The lowest BCUT2D eigenvalue weighted by Crippen LogP contribution is -2.27. The number of rotatable bonds is 11. The number of aromatic nitrogens is 2. The highest BCUT2D eigenvalue weighted by Crippen LogP contribution is 2.38. The summed E-state index contributed by atoms with van der Waals surface area (Å²) in [6.45, 7) is 11.8. The monoisotopic (exact) mass is 530 g/mol. The van der Waals surface area contributed by atoms with E-state index in [2.05, 4.69) is 29.0 Å². The number of likely N-dealkylation sites (N-methyl/N-ethyl adjacent to an activating group) is 1. The summed E-state index contributed by atoms with van der Waals surface area (Å²) in [5.74, 6) is 2.82. The molecule has 8 heteroatoms. The highest BCUT2D eigenvalue weighted by Gasteiger charge is 2.19. The van der Waals surface area contributed by atoms with Gasteiger partial charge in [-0.1, -0.05) is 13.8 Å². The van der Waals surface area contributed by atoms with E-state index in [-0.39, 0.29) is 5.56 Å². The molecule has 206 valence electrons. The molecule has 2 aromatic carbocycles. The van der Waals surface area contributed by atoms with E-state index in [9.17, 15) is 4.79 Å².